The van der Waals surface area contributed by atoms with E-state index in [0.717, 1.165) is 31.3 Å². The highest BCUT2D eigenvalue weighted by Gasteiger charge is 2.31. The van der Waals surface area contributed by atoms with Gasteiger partial charge in [0.05, 0.1) is 29.5 Å². The van der Waals surface area contributed by atoms with Gasteiger partial charge in [-0.05, 0) is 18.2 Å². The van der Waals surface area contributed by atoms with E-state index in [2.05, 4.69) is 10.2 Å². The summed E-state index contributed by atoms with van der Waals surface area (Å²) >= 11 is 5.83. The summed E-state index contributed by atoms with van der Waals surface area (Å²) in [6, 6.07) is 2.85. The fourth-order valence-electron chi connectivity index (χ4n) is 2.09. The van der Waals surface area contributed by atoms with E-state index < -0.39 is 11.7 Å². The van der Waals surface area contributed by atoms with Crippen molar-refractivity contribution in [1.29, 1.82) is 0 Å². The van der Waals surface area contributed by atoms with E-state index in [1.165, 1.54) is 0 Å². The highest BCUT2D eigenvalue weighted by atomic mass is 35.5. The van der Waals surface area contributed by atoms with Crippen molar-refractivity contribution >= 4 is 23.2 Å². The quantitative estimate of drug-likeness (QED) is 0.919. The van der Waals surface area contributed by atoms with Gasteiger partial charge in [-0.3, -0.25) is 9.69 Å². The summed E-state index contributed by atoms with van der Waals surface area (Å²) in [5.41, 5.74) is -0.871. The maximum absolute atomic E-state index is 12.7. The zero-order valence-electron chi connectivity index (χ0n) is 11.8. The fraction of sp³-hybridized carbons (Fsp3) is 0.500. The Kier molecular flexibility index (Phi) is 5.66. The second-order valence-corrected chi connectivity index (χ2v) is 5.35. The molecule has 8 heteroatoms. The molecule has 1 heterocycles. The van der Waals surface area contributed by atoms with Crippen LogP contribution >= 0.6 is 11.6 Å². The summed E-state index contributed by atoms with van der Waals surface area (Å²) in [5.74, 6) is -0.368. The van der Waals surface area contributed by atoms with Crippen molar-refractivity contribution in [2.24, 2.45) is 0 Å². The van der Waals surface area contributed by atoms with Crippen molar-refractivity contribution in [3.05, 3.63) is 28.8 Å². The average Bonchev–Trinajstić information content (AvgIpc) is 2.47. The topological polar surface area (TPSA) is 41.6 Å². The monoisotopic (exact) mass is 336 g/mol. The predicted molar refractivity (Wildman–Crippen MR) is 77.0 cm³/mol. The molecule has 1 aromatic carbocycles. The van der Waals surface area contributed by atoms with Gasteiger partial charge in [0.2, 0.25) is 5.91 Å². The molecular weight excluding hydrogens is 321 g/mol. The zero-order chi connectivity index (χ0) is 16.2. The number of hydrogen-bond donors (Lipinski definition) is 1. The number of ether oxygens (including phenoxy) is 1. The number of nitrogens with one attached hydrogen (secondary N) is 1. The third-order valence-corrected chi connectivity index (χ3v) is 3.66. The van der Waals surface area contributed by atoms with Crippen LogP contribution in [-0.4, -0.2) is 43.7 Å². The van der Waals surface area contributed by atoms with Gasteiger partial charge in [-0.25, -0.2) is 0 Å². The first kappa shape index (κ1) is 17.1. The molecule has 0 atom stereocenters. The number of rotatable bonds is 4. The van der Waals surface area contributed by atoms with Crippen LogP contribution in [0, 0.1) is 0 Å². The van der Waals surface area contributed by atoms with Gasteiger partial charge < -0.3 is 10.1 Å². The molecule has 1 N–H and O–H groups in total. The Morgan fingerprint density at radius 3 is 2.64 bits per heavy atom. The molecule has 0 aromatic heterocycles. The maximum Gasteiger partial charge on any atom is 0.416 e. The molecule has 1 saturated heterocycles. The van der Waals surface area contributed by atoms with Gasteiger partial charge >= 0.3 is 6.18 Å². The van der Waals surface area contributed by atoms with E-state index in [0.29, 0.717) is 19.8 Å². The minimum absolute atomic E-state index is 0.0246. The van der Waals surface area contributed by atoms with E-state index in [4.69, 9.17) is 16.3 Å². The van der Waals surface area contributed by atoms with Crippen LogP contribution in [0.5, 0.6) is 0 Å². The first-order valence-electron chi connectivity index (χ1n) is 6.83. The summed E-state index contributed by atoms with van der Waals surface area (Å²) in [4.78, 5) is 13.9. The van der Waals surface area contributed by atoms with E-state index >= 15 is 0 Å². The smallest absolute Gasteiger partial charge is 0.379 e. The first-order chi connectivity index (χ1) is 10.4. The van der Waals surface area contributed by atoms with Crippen LogP contribution in [0.1, 0.15) is 12.0 Å². The number of carbonyl (C=O) groups is 1. The van der Waals surface area contributed by atoms with Crippen molar-refractivity contribution in [2.45, 2.75) is 12.6 Å². The van der Waals surface area contributed by atoms with E-state index in [1.807, 2.05) is 0 Å². The standard InChI is InChI=1S/C14H16ClF3N2O2/c15-11-2-1-10(14(16,17)18)9-12(11)19-13(21)3-4-20-5-7-22-8-6-20/h1-2,9H,3-8H2,(H,19,21). The number of hydrogen-bond acceptors (Lipinski definition) is 3. The van der Waals surface area contributed by atoms with Gasteiger partial charge in [0.15, 0.2) is 0 Å². The van der Waals surface area contributed by atoms with Gasteiger partial charge in [-0.2, -0.15) is 13.2 Å². The lowest BCUT2D eigenvalue weighted by Gasteiger charge is -2.26. The van der Waals surface area contributed by atoms with Crippen molar-refractivity contribution in [1.82, 2.24) is 4.90 Å². The molecule has 0 saturated carbocycles. The Morgan fingerprint density at radius 2 is 2.00 bits per heavy atom. The molecule has 4 nitrogen and oxygen atoms in total. The van der Waals surface area contributed by atoms with Crippen LogP contribution < -0.4 is 5.32 Å². The van der Waals surface area contributed by atoms with E-state index in [1.54, 1.807) is 0 Å². The van der Waals surface area contributed by atoms with Gasteiger partial charge in [0, 0.05) is 26.1 Å². The molecule has 1 fully saturated rings. The van der Waals surface area contributed by atoms with Crippen LogP contribution in [-0.2, 0) is 15.7 Å². The normalized spacial score (nSPS) is 16.5. The lowest BCUT2D eigenvalue weighted by atomic mass is 10.2. The minimum atomic E-state index is -4.47. The third-order valence-electron chi connectivity index (χ3n) is 3.33. The minimum Gasteiger partial charge on any atom is -0.379 e. The van der Waals surface area contributed by atoms with Crippen LogP contribution in [0.15, 0.2) is 18.2 Å². The molecule has 0 bridgehead atoms. The molecule has 1 aliphatic heterocycles. The molecule has 0 unspecified atom stereocenters. The van der Waals surface area contributed by atoms with Crippen molar-refractivity contribution in [3.63, 3.8) is 0 Å². The van der Waals surface area contributed by atoms with Crippen molar-refractivity contribution in [2.75, 3.05) is 38.2 Å². The lowest BCUT2D eigenvalue weighted by molar-refractivity contribution is -0.137. The number of amides is 1. The predicted octanol–water partition coefficient (Wildman–Crippen LogP) is 3.02. The maximum atomic E-state index is 12.7. The highest BCUT2D eigenvalue weighted by molar-refractivity contribution is 6.33. The second-order valence-electron chi connectivity index (χ2n) is 4.94. The van der Waals surface area contributed by atoms with Crippen LogP contribution in [0.2, 0.25) is 5.02 Å². The molecule has 1 aliphatic rings. The molecule has 0 aliphatic carbocycles. The summed E-state index contributed by atoms with van der Waals surface area (Å²) < 4.78 is 43.2. The number of alkyl halides is 3. The Hall–Kier alpha value is -1.31. The van der Waals surface area contributed by atoms with E-state index in [9.17, 15) is 18.0 Å². The van der Waals surface area contributed by atoms with E-state index in [-0.39, 0.29) is 23.0 Å². The second kappa shape index (κ2) is 7.30. The summed E-state index contributed by atoms with van der Waals surface area (Å²) in [6.07, 6.45) is -4.29. The molecule has 22 heavy (non-hydrogen) atoms. The molecule has 0 spiro atoms. The van der Waals surface area contributed by atoms with Gasteiger partial charge in [0.25, 0.3) is 0 Å². The molecule has 0 radical (unpaired) electrons. The Bertz CT molecular complexity index is 531. The van der Waals surface area contributed by atoms with Crippen LogP contribution in [0.3, 0.4) is 0 Å². The third kappa shape index (κ3) is 4.86. The fourth-order valence-corrected chi connectivity index (χ4v) is 2.26. The molecule has 1 amide bonds. The largest absolute Gasteiger partial charge is 0.416 e. The Morgan fingerprint density at radius 1 is 1.32 bits per heavy atom. The highest BCUT2D eigenvalue weighted by Crippen LogP contribution is 2.33. The van der Waals surface area contributed by atoms with Gasteiger partial charge in [0.1, 0.15) is 0 Å². The lowest BCUT2D eigenvalue weighted by Crippen LogP contribution is -2.38. The summed E-state index contributed by atoms with van der Waals surface area (Å²) in [7, 11) is 0. The molecule has 122 valence electrons. The van der Waals surface area contributed by atoms with Gasteiger partial charge in [-0.15, -0.1) is 0 Å². The SMILES string of the molecule is O=C(CCN1CCOCC1)Nc1cc(C(F)(F)F)ccc1Cl. The number of carbonyl (C=O) groups excluding carboxylic acids is 1. The zero-order valence-corrected chi connectivity index (χ0v) is 12.5. The van der Waals surface area contributed by atoms with Gasteiger partial charge in [-0.1, -0.05) is 11.6 Å². The number of morpholine rings is 1. The van der Waals surface area contributed by atoms with Crippen LogP contribution in [0.25, 0.3) is 0 Å². The van der Waals surface area contributed by atoms with Crippen LogP contribution in [0.4, 0.5) is 18.9 Å². The number of halogens is 4. The van der Waals surface area contributed by atoms with Crippen molar-refractivity contribution in [3.8, 4) is 0 Å². The molecular formula is C14H16ClF3N2O2. The summed E-state index contributed by atoms with van der Waals surface area (Å²) in [6.45, 7) is 3.28. The number of nitrogens with zero attached hydrogens (tertiary/aromatic N) is 1. The molecule has 2 rings (SSSR count). The molecule has 1 aromatic rings. The first-order valence-corrected chi connectivity index (χ1v) is 7.21. The van der Waals surface area contributed by atoms with Crippen molar-refractivity contribution < 1.29 is 22.7 Å². The Balaban J connectivity index is 1.93. The summed E-state index contributed by atoms with van der Waals surface area (Å²) in [5, 5.41) is 2.51. The Labute approximate surface area is 131 Å². The average molecular weight is 337 g/mol. The number of benzene rings is 1. The number of anilines is 1.